The van der Waals surface area contributed by atoms with Crippen molar-refractivity contribution in [2.24, 2.45) is 5.90 Å². The highest BCUT2D eigenvalue weighted by molar-refractivity contribution is 5.54. The van der Waals surface area contributed by atoms with Crippen LogP contribution in [-0.2, 0) is 11.4 Å². The van der Waals surface area contributed by atoms with E-state index in [0.717, 1.165) is 28.2 Å². The van der Waals surface area contributed by atoms with Crippen molar-refractivity contribution in [3.05, 3.63) is 22.8 Å². The van der Waals surface area contributed by atoms with Crippen molar-refractivity contribution in [3.8, 4) is 11.5 Å². The maximum atomic E-state index is 5.36. The van der Waals surface area contributed by atoms with E-state index in [4.69, 9.17) is 15.4 Å². The molecule has 0 fully saturated rings. The van der Waals surface area contributed by atoms with Crippen LogP contribution in [0, 0.1) is 13.8 Å². The van der Waals surface area contributed by atoms with Gasteiger partial charge in [-0.2, -0.15) is 0 Å². The fourth-order valence-electron chi connectivity index (χ4n) is 1.60. The molecule has 76 valence electrons. The lowest BCUT2D eigenvalue weighted by Gasteiger charge is -2.10. The van der Waals surface area contributed by atoms with Crippen LogP contribution in [0.3, 0.4) is 0 Å². The van der Waals surface area contributed by atoms with E-state index in [9.17, 15) is 0 Å². The van der Waals surface area contributed by atoms with E-state index in [2.05, 4.69) is 4.84 Å². The first-order valence-electron chi connectivity index (χ1n) is 4.44. The van der Waals surface area contributed by atoms with Crippen LogP contribution in [0.15, 0.2) is 6.07 Å². The molecular formula is C10H13NO3. The molecule has 1 aromatic rings. The van der Waals surface area contributed by atoms with E-state index in [1.165, 1.54) is 0 Å². The zero-order valence-corrected chi connectivity index (χ0v) is 8.29. The van der Waals surface area contributed by atoms with Crippen molar-refractivity contribution in [2.75, 3.05) is 6.79 Å². The molecule has 0 aromatic heterocycles. The molecule has 0 unspecified atom stereocenters. The minimum absolute atomic E-state index is 0.274. The average molecular weight is 195 g/mol. The predicted octanol–water partition coefficient (Wildman–Crippen LogP) is 1.42. The van der Waals surface area contributed by atoms with Gasteiger partial charge in [0.15, 0.2) is 11.5 Å². The highest BCUT2D eigenvalue weighted by Crippen LogP contribution is 2.39. The van der Waals surface area contributed by atoms with Crippen molar-refractivity contribution in [2.45, 2.75) is 20.5 Å². The van der Waals surface area contributed by atoms with Gasteiger partial charge >= 0.3 is 0 Å². The Labute approximate surface area is 82.5 Å². The van der Waals surface area contributed by atoms with Crippen molar-refractivity contribution < 1.29 is 14.3 Å². The number of hydrogen-bond donors (Lipinski definition) is 1. The number of fused-ring (bicyclic) bond motifs is 1. The summed E-state index contributed by atoms with van der Waals surface area (Å²) in [5, 5.41) is 0. The summed E-state index contributed by atoms with van der Waals surface area (Å²) < 4.78 is 10.7. The van der Waals surface area contributed by atoms with Crippen molar-refractivity contribution in [3.63, 3.8) is 0 Å². The summed E-state index contributed by atoms with van der Waals surface area (Å²) in [6, 6.07) is 1.97. The molecule has 0 aliphatic carbocycles. The number of aryl methyl sites for hydroxylation is 1. The molecule has 0 amide bonds. The zero-order chi connectivity index (χ0) is 10.1. The van der Waals surface area contributed by atoms with Crippen LogP contribution in [0.2, 0.25) is 0 Å². The molecule has 2 rings (SSSR count). The van der Waals surface area contributed by atoms with Gasteiger partial charge in [0.2, 0.25) is 6.79 Å². The third kappa shape index (κ3) is 1.32. The molecule has 0 radical (unpaired) electrons. The van der Waals surface area contributed by atoms with Crippen LogP contribution in [0.1, 0.15) is 16.7 Å². The van der Waals surface area contributed by atoms with E-state index < -0.39 is 0 Å². The molecule has 0 saturated carbocycles. The summed E-state index contributed by atoms with van der Waals surface area (Å²) in [6.45, 7) is 4.66. The lowest BCUT2D eigenvalue weighted by atomic mass is 10.0. The van der Waals surface area contributed by atoms with Gasteiger partial charge in [-0.3, -0.25) is 4.84 Å². The van der Waals surface area contributed by atoms with Gasteiger partial charge in [-0.25, -0.2) is 5.90 Å². The second kappa shape index (κ2) is 3.48. The van der Waals surface area contributed by atoms with E-state index in [1.54, 1.807) is 0 Å². The summed E-state index contributed by atoms with van der Waals surface area (Å²) in [7, 11) is 0. The number of nitrogens with two attached hydrogens (primary N) is 1. The minimum atomic E-state index is 0.274. The normalized spacial score (nSPS) is 13.4. The van der Waals surface area contributed by atoms with Crippen LogP contribution in [0.5, 0.6) is 11.5 Å². The Morgan fingerprint density at radius 2 is 2.21 bits per heavy atom. The molecular weight excluding hydrogens is 182 g/mol. The highest BCUT2D eigenvalue weighted by Gasteiger charge is 2.20. The first kappa shape index (κ1) is 9.30. The van der Waals surface area contributed by atoms with Crippen LogP contribution < -0.4 is 15.4 Å². The van der Waals surface area contributed by atoms with Crippen LogP contribution in [0.25, 0.3) is 0 Å². The molecule has 4 heteroatoms. The van der Waals surface area contributed by atoms with E-state index in [1.807, 2.05) is 19.9 Å². The summed E-state index contributed by atoms with van der Waals surface area (Å²) in [5.74, 6) is 6.62. The maximum Gasteiger partial charge on any atom is 0.231 e. The van der Waals surface area contributed by atoms with Crippen molar-refractivity contribution in [1.82, 2.24) is 0 Å². The molecule has 4 nitrogen and oxygen atoms in total. The average Bonchev–Trinajstić information content (AvgIpc) is 2.60. The van der Waals surface area contributed by atoms with Gasteiger partial charge < -0.3 is 9.47 Å². The molecule has 1 aromatic carbocycles. The summed E-state index contributed by atoms with van der Waals surface area (Å²) in [6.07, 6.45) is 0. The number of ether oxygens (including phenoxy) is 2. The Kier molecular flexibility index (Phi) is 2.31. The largest absolute Gasteiger partial charge is 0.454 e. The quantitative estimate of drug-likeness (QED) is 0.725. The molecule has 0 bridgehead atoms. The summed E-state index contributed by atoms with van der Waals surface area (Å²) in [4.78, 5) is 4.65. The standard InChI is InChI=1S/C10H13NO3/c1-6-3-9-10(13-5-12-9)8(4-14-11)7(6)2/h3H,4-5,11H2,1-2H3. The maximum absolute atomic E-state index is 5.36. The summed E-state index contributed by atoms with van der Waals surface area (Å²) >= 11 is 0. The van der Waals surface area contributed by atoms with Gasteiger partial charge in [0, 0.05) is 5.56 Å². The van der Waals surface area contributed by atoms with E-state index >= 15 is 0 Å². The SMILES string of the molecule is Cc1cc2c(c(CON)c1C)OCO2. The van der Waals surface area contributed by atoms with Crippen LogP contribution in [0.4, 0.5) is 0 Å². The third-order valence-electron chi connectivity index (χ3n) is 2.54. The fourth-order valence-corrected chi connectivity index (χ4v) is 1.60. The lowest BCUT2D eigenvalue weighted by molar-refractivity contribution is 0.119. The molecule has 2 N–H and O–H groups in total. The molecule has 0 spiro atoms. The Morgan fingerprint density at radius 3 is 2.93 bits per heavy atom. The van der Waals surface area contributed by atoms with Crippen LogP contribution in [-0.4, -0.2) is 6.79 Å². The van der Waals surface area contributed by atoms with Gasteiger partial charge in [-0.1, -0.05) is 0 Å². The molecule has 1 aliphatic heterocycles. The monoisotopic (exact) mass is 195 g/mol. The molecule has 1 aliphatic rings. The Balaban J connectivity index is 2.54. The van der Waals surface area contributed by atoms with Crippen molar-refractivity contribution in [1.29, 1.82) is 0 Å². The Morgan fingerprint density at radius 1 is 1.43 bits per heavy atom. The Hall–Kier alpha value is -1.26. The third-order valence-corrected chi connectivity index (χ3v) is 2.54. The lowest BCUT2D eigenvalue weighted by Crippen LogP contribution is -2.03. The number of benzene rings is 1. The first-order valence-corrected chi connectivity index (χ1v) is 4.44. The van der Waals surface area contributed by atoms with Gasteiger partial charge in [0.05, 0.1) is 6.61 Å². The van der Waals surface area contributed by atoms with Gasteiger partial charge in [-0.15, -0.1) is 0 Å². The van der Waals surface area contributed by atoms with E-state index in [0.29, 0.717) is 6.61 Å². The summed E-state index contributed by atoms with van der Waals surface area (Å²) in [5.41, 5.74) is 3.26. The van der Waals surface area contributed by atoms with E-state index in [-0.39, 0.29) is 6.79 Å². The predicted molar refractivity (Wildman–Crippen MR) is 51.0 cm³/mol. The molecule has 0 atom stereocenters. The van der Waals surface area contributed by atoms with Gasteiger partial charge in [-0.05, 0) is 31.0 Å². The first-order chi connectivity index (χ1) is 6.74. The highest BCUT2D eigenvalue weighted by atomic mass is 16.7. The molecule has 0 saturated heterocycles. The number of rotatable bonds is 2. The second-order valence-electron chi connectivity index (χ2n) is 3.34. The zero-order valence-electron chi connectivity index (χ0n) is 8.29. The number of hydrogen-bond acceptors (Lipinski definition) is 4. The topological polar surface area (TPSA) is 53.7 Å². The minimum Gasteiger partial charge on any atom is -0.454 e. The smallest absolute Gasteiger partial charge is 0.231 e. The molecule has 14 heavy (non-hydrogen) atoms. The van der Waals surface area contributed by atoms with Crippen LogP contribution >= 0.6 is 0 Å². The van der Waals surface area contributed by atoms with Crippen molar-refractivity contribution >= 4 is 0 Å². The Bertz CT molecular complexity index is 363. The fraction of sp³-hybridized carbons (Fsp3) is 0.400. The second-order valence-corrected chi connectivity index (χ2v) is 3.34. The van der Waals surface area contributed by atoms with Gasteiger partial charge in [0.25, 0.3) is 0 Å². The van der Waals surface area contributed by atoms with Gasteiger partial charge in [0.1, 0.15) is 0 Å². The molecule has 1 heterocycles.